The third-order valence-electron chi connectivity index (χ3n) is 24.5. The molecule has 0 radical (unpaired) electrons. The Hall–Kier alpha value is -13.5. The second-order valence-corrected chi connectivity index (χ2v) is 44.2. The monoisotopic (exact) mass is 2060 g/mol. The summed E-state index contributed by atoms with van der Waals surface area (Å²) in [6.45, 7) is 1.78. The fourth-order valence-electron chi connectivity index (χ4n) is 17.3. The van der Waals surface area contributed by atoms with Crippen molar-refractivity contribution in [3.8, 4) is 45.0 Å². The van der Waals surface area contributed by atoms with E-state index in [1.165, 1.54) is 23.3 Å². The van der Waals surface area contributed by atoms with E-state index in [2.05, 4.69) is 41.2 Å². The average molecular weight is 2060 g/mol. The number of rotatable bonds is 16. The van der Waals surface area contributed by atoms with Crippen LogP contribution in [0.5, 0.6) is 0 Å². The number of amides is 4. The number of carbonyl (C=O) groups is 4. The van der Waals surface area contributed by atoms with Crippen molar-refractivity contribution in [1.29, 1.82) is 0 Å². The number of pyridine rings is 5. The quantitative estimate of drug-likeness (QED) is 0.0698. The second kappa shape index (κ2) is 44.1. The van der Waals surface area contributed by atoms with E-state index in [-0.39, 0.29) is 51.3 Å². The van der Waals surface area contributed by atoms with Crippen molar-refractivity contribution in [2.45, 2.75) is 77.0 Å². The number of aromatic nitrogens is 5. The Morgan fingerprint density at radius 3 is 1.01 bits per heavy atom. The summed E-state index contributed by atoms with van der Waals surface area (Å²) in [5.41, 5.74) is 13.4. The normalized spacial score (nSPS) is 15.5. The molecule has 0 atom stereocenters. The number of fused-ring (bicyclic) bond motifs is 4. The van der Waals surface area contributed by atoms with Crippen LogP contribution in [-0.2, 0) is 40.1 Å². The van der Waals surface area contributed by atoms with E-state index >= 15 is 0 Å². The summed E-state index contributed by atoms with van der Waals surface area (Å²) >= 11 is 32.4. The van der Waals surface area contributed by atoms with Crippen molar-refractivity contribution in [1.82, 2.24) is 24.9 Å². The highest BCUT2D eigenvalue weighted by Crippen LogP contribution is 2.41. The lowest BCUT2D eigenvalue weighted by Crippen LogP contribution is -2.32. The van der Waals surface area contributed by atoms with Gasteiger partial charge in [0.2, 0.25) is 40.1 Å². The molecule has 20 rings (SSSR count). The van der Waals surface area contributed by atoms with Gasteiger partial charge in [-0.2, -0.15) is 0 Å². The van der Waals surface area contributed by atoms with Crippen molar-refractivity contribution in [3.63, 3.8) is 0 Å². The van der Waals surface area contributed by atoms with Gasteiger partial charge in [0.25, 0.3) is 23.6 Å². The highest BCUT2D eigenvalue weighted by Gasteiger charge is 2.31. The summed E-state index contributed by atoms with van der Waals surface area (Å²) < 4.78 is 106. The molecule has 718 valence electrons. The molecule has 34 heteroatoms. The Kier molecular flexibility index (Phi) is 31.0. The van der Waals surface area contributed by atoms with Gasteiger partial charge in [-0.05, 0) is 268 Å². The Bertz CT molecular complexity index is 7690. The van der Waals surface area contributed by atoms with E-state index in [1.807, 2.05) is 121 Å². The molecule has 9 heterocycles. The first-order valence-corrected chi connectivity index (χ1v) is 54.2. The van der Waals surface area contributed by atoms with Crippen molar-refractivity contribution in [3.05, 3.63) is 351 Å². The maximum absolute atomic E-state index is 13.1. The molecule has 16 aromatic rings. The first-order valence-electron chi connectivity index (χ1n) is 45.9. The van der Waals surface area contributed by atoms with E-state index in [9.17, 15) is 52.8 Å². The van der Waals surface area contributed by atoms with Crippen molar-refractivity contribution < 1.29 is 52.8 Å². The summed E-state index contributed by atoms with van der Waals surface area (Å²) in [6.07, 6.45) is 16.3. The number of carbonyl (C=O) groups excluding carboxylic acids is 4. The number of nitrogens with one attached hydrogen (secondary N) is 4. The summed E-state index contributed by atoms with van der Waals surface area (Å²) in [7, 11) is -13.4. The van der Waals surface area contributed by atoms with Crippen LogP contribution in [0.3, 0.4) is 0 Å². The summed E-state index contributed by atoms with van der Waals surface area (Å²) in [5.74, 6) is -0.752. The van der Waals surface area contributed by atoms with Crippen LogP contribution in [0, 0.1) is 0 Å². The Balaban J connectivity index is 0.000000130. The SMILES string of the molecule is O=C(Nc1ccc(Cl)c(-c2ccc3ccccc3n2)c1)c1ccc(N2CCCCCS2(=O)=O)cc1.O=C(Nc1ccc(Cl)c(-c2nccc3ccccc23)c1)c1ccc(N2CCCCCS2(=O)=O)cc1.O=C(Nc1ccc(Cl)c(-c2nccc3ccccc23)c1)c1ccc(N2CCCCCS2(=O)=O)cc1Cl.O=C(Nc1ccc(Cl)c(-c2nccc3ncccc23)c1)c1ccc(N2CCCCCS2(=O)=O)cc1. The maximum Gasteiger partial charge on any atom is 0.257 e. The van der Waals surface area contributed by atoms with Gasteiger partial charge in [-0.15, -0.1) is 0 Å². The smallest absolute Gasteiger partial charge is 0.257 e. The zero-order chi connectivity index (χ0) is 98.5. The minimum Gasteiger partial charge on any atom is -0.322 e. The van der Waals surface area contributed by atoms with Gasteiger partial charge >= 0.3 is 0 Å². The third kappa shape index (κ3) is 23.6. The molecule has 0 unspecified atom stereocenters. The maximum atomic E-state index is 13.1. The molecular formula is C107H94Cl5N13O12S4. The van der Waals surface area contributed by atoms with Crippen LogP contribution in [0.2, 0.25) is 25.1 Å². The number of anilines is 8. The predicted molar refractivity (Wildman–Crippen MR) is 569 cm³/mol. The number of halogens is 5. The number of nitrogens with zero attached hydrogens (tertiary/aromatic N) is 9. The molecular weight excluding hydrogens is 1960 g/mol. The fourth-order valence-corrected chi connectivity index (χ4v) is 24.9. The molecule has 4 saturated heterocycles. The minimum atomic E-state index is -3.41. The highest BCUT2D eigenvalue weighted by molar-refractivity contribution is 7.93. The molecule has 25 nitrogen and oxygen atoms in total. The second-order valence-electron chi connectivity index (χ2n) is 34.1. The van der Waals surface area contributed by atoms with Gasteiger partial charge in [0, 0.05) is 134 Å². The van der Waals surface area contributed by atoms with Crippen LogP contribution in [-0.4, -0.2) is 131 Å². The standard InChI is InChI=1S/C27H23Cl2N3O3S.2C27H24ClN3O3S.C26H23ClN4O3S/c28-24-11-8-19(16-23(24)26-21-7-3-2-6-18(21)12-13-30-26)31-27(33)22-10-9-20(17-25(22)29)32-14-4-1-5-15-36(32,34)35;28-24-14-11-21(18-23(24)26-15-10-19-6-2-3-7-25(19)30-26)29-27(32)20-8-12-22(13-9-20)31-16-4-1-5-17-35(31,33)34;28-25-13-10-21(18-24(25)26-23-7-3-2-6-19(23)14-15-29-26)30-27(32)20-8-11-22(12-9-20)31-16-4-1-5-17-35(31,33)34;27-23-11-8-19(17-22(23)25-21-5-4-13-28-24(21)12-14-29-25)30-26(32)18-6-9-20(10-7-18)31-15-2-1-3-16-35(31,33)34/h2-3,6-13,16-17H,1,4-5,14-15H2,(H,31,33);2-3,6-15,18H,1,4-5,16-17H2,(H,29,32);2-3,6-15,18H,1,4-5,16-17H2,(H,30,32);4-14,17H,1-3,15-16H2,(H,30,32). The molecule has 5 aromatic heterocycles. The third-order valence-corrected chi connectivity index (χ3v) is 33.7. The zero-order valence-electron chi connectivity index (χ0n) is 76.0. The number of benzene rings is 11. The first kappa shape index (κ1) is 99.1. The Morgan fingerprint density at radius 1 is 0.262 bits per heavy atom. The van der Waals surface area contributed by atoms with E-state index in [0.717, 1.165) is 117 Å². The molecule has 11 aromatic carbocycles. The topological polar surface area (TPSA) is 330 Å². The summed E-state index contributed by atoms with van der Waals surface area (Å²) in [6, 6.07) is 82.7. The number of sulfonamides is 4. The number of hydrogen-bond donors (Lipinski definition) is 4. The first-order chi connectivity index (χ1) is 68.1. The van der Waals surface area contributed by atoms with Gasteiger partial charge in [0.15, 0.2) is 0 Å². The Morgan fingerprint density at radius 2 is 0.603 bits per heavy atom. The molecule has 141 heavy (non-hydrogen) atoms. The largest absolute Gasteiger partial charge is 0.322 e. The van der Waals surface area contributed by atoms with Crippen LogP contribution in [0.1, 0.15) is 118 Å². The lowest BCUT2D eigenvalue weighted by atomic mass is 10.0. The predicted octanol–water partition coefficient (Wildman–Crippen LogP) is 24.6. The van der Waals surface area contributed by atoms with E-state index in [0.29, 0.717) is 157 Å². The van der Waals surface area contributed by atoms with Gasteiger partial charge in [0.1, 0.15) is 0 Å². The van der Waals surface area contributed by atoms with Gasteiger partial charge < -0.3 is 21.3 Å². The van der Waals surface area contributed by atoms with Gasteiger partial charge in [-0.3, -0.25) is 56.3 Å². The molecule has 4 amide bonds. The van der Waals surface area contributed by atoms with Crippen LogP contribution in [0.15, 0.2) is 304 Å². The molecule has 4 N–H and O–H groups in total. The fraction of sp³-hybridized carbons (Fsp3) is 0.187. The van der Waals surface area contributed by atoms with Crippen molar-refractivity contribution in [2.75, 3.05) is 87.7 Å². The van der Waals surface area contributed by atoms with Crippen LogP contribution >= 0.6 is 58.0 Å². The van der Waals surface area contributed by atoms with E-state index < -0.39 is 46.0 Å². The average Bonchev–Trinajstić information content (AvgIpc) is 0.858. The van der Waals surface area contributed by atoms with Gasteiger partial charge in [-0.25, -0.2) is 38.7 Å². The minimum absolute atomic E-state index is 0.108. The van der Waals surface area contributed by atoms with Crippen molar-refractivity contribution >= 4 is 211 Å². The molecule has 0 saturated carbocycles. The molecule has 4 fully saturated rings. The van der Waals surface area contributed by atoms with Crippen LogP contribution < -0.4 is 38.5 Å². The summed E-state index contributed by atoms with van der Waals surface area (Å²) in [5, 5.41) is 19.7. The molecule has 0 bridgehead atoms. The highest BCUT2D eigenvalue weighted by atomic mass is 35.5. The zero-order valence-corrected chi connectivity index (χ0v) is 83.0. The molecule has 4 aliphatic heterocycles. The van der Waals surface area contributed by atoms with Crippen molar-refractivity contribution in [2.24, 2.45) is 0 Å². The van der Waals surface area contributed by atoms with E-state index in [1.54, 1.807) is 176 Å². The van der Waals surface area contributed by atoms with Crippen LogP contribution in [0.4, 0.5) is 45.5 Å². The van der Waals surface area contributed by atoms with Gasteiger partial charge in [0.05, 0.1) is 110 Å². The molecule has 4 aliphatic rings. The van der Waals surface area contributed by atoms with E-state index in [4.69, 9.17) is 63.0 Å². The summed E-state index contributed by atoms with van der Waals surface area (Å²) in [4.78, 5) is 74.5. The lowest BCUT2D eigenvalue weighted by molar-refractivity contribution is 0.101. The van der Waals surface area contributed by atoms with Gasteiger partial charge in [-0.1, -0.05) is 156 Å². The molecule has 0 spiro atoms. The number of hydrogen-bond acceptors (Lipinski definition) is 17. The lowest BCUT2D eigenvalue weighted by Gasteiger charge is -2.22. The molecule has 0 aliphatic carbocycles. The Labute approximate surface area is 842 Å². The van der Waals surface area contributed by atoms with Crippen LogP contribution in [0.25, 0.3) is 88.4 Å². The number of para-hydroxylation sites is 1.